The van der Waals surface area contributed by atoms with Gasteiger partial charge in [-0.15, -0.1) is 11.3 Å². The normalized spacial score (nSPS) is 22.8. The van der Waals surface area contributed by atoms with Crippen LogP contribution in [-0.2, 0) is 11.3 Å². The Morgan fingerprint density at radius 2 is 2.35 bits per heavy atom. The second-order valence-electron chi connectivity index (χ2n) is 6.42. The van der Waals surface area contributed by atoms with Crippen LogP contribution in [0.5, 0.6) is 0 Å². The van der Waals surface area contributed by atoms with Crippen molar-refractivity contribution in [2.24, 2.45) is 0 Å². The first-order valence-electron chi connectivity index (χ1n) is 8.50. The van der Waals surface area contributed by atoms with E-state index in [-0.39, 0.29) is 18.7 Å². The number of hydrogen-bond acceptors (Lipinski definition) is 7. The fraction of sp³-hybridized carbons (Fsp3) is 0.500. The van der Waals surface area contributed by atoms with Gasteiger partial charge in [0, 0.05) is 19.5 Å². The van der Waals surface area contributed by atoms with Crippen molar-refractivity contribution in [1.82, 2.24) is 25.7 Å². The molecule has 1 spiro atoms. The fourth-order valence-electron chi connectivity index (χ4n) is 3.24. The summed E-state index contributed by atoms with van der Waals surface area (Å²) in [6.45, 7) is 1.87. The van der Waals surface area contributed by atoms with Crippen molar-refractivity contribution in [3.63, 3.8) is 0 Å². The SMILES string of the molecule is O=C1NC[C@@]2(CCCN(C(=O)NCc3noc(-c4cccs4)n3)CC2)O1. The van der Waals surface area contributed by atoms with Crippen LogP contribution >= 0.6 is 11.3 Å². The van der Waals surface area contributed by atoms with Gasteiger partial charge >= 0.3 is 12.1 Å². The number of carbonyl (C=O) groups excluding carboxylic acids is 2. The summed E-state index contributed by atoms with van der Waals surface area (Å²) in [4.78, 5) is 30.7. The predicted octanol–water partition coefficient (Wildman–Crippen LogP) is 1.97. The van der Waals surface area contributed by atoms with E-state index in [1.54, 1.807) is 4.90 Å². The summed E-state index contributed by atoms with van der Waals surface area (Å²) in [6.07, 6.45) is 1.79. The van der Waals surface area contributed by atoms with Gasteiger partial charge in [0.05, 0.1) is 18.0 Å². The summed E-state index contributed by atoms with van der Waals surface area (Å²) in [7, 11) is 0. The van der Waals surface area contributed by atoms with Crippen molar-refractivity contribution in [3.05, 3.63) is 23.3 Å². The lowest BCUT2D eigenvalue weighted by molar-refractivity contribution is 0.0453. The molecule has 2 fully saturated rings. The number of nitrogens with zero attached hydrogens (tertiary/aromatic N) is 3. The van der Waals surface area contributed by atoms with E-state index < -0.39 is 5.60 Å². The maximum absolute atomic E-state index is 12.4. The molecule has 0 bridgehead atoms. The number of amides is 3. The van der Waals surface area contributed by atoms with E-state index in [1.165, 1.54) is 11.3 Å². The van der Waals surface area contributed by atoms with Crippen LogP contribution in [0.25, 0.3) is 10.8 Å². The minimum atomic E-state index is -0.477. The molecule has 2 aliphatic heterocycles. The monoisotopic (exact) mass is 377 g/mol. The summed E-state index contributed by atoms with van der Waals surface area (Å²) in [5, 5.41) is 11.4. The van der Waals surface area contributed by atoms with Gasteiger partial charge in [-0.25, -0.2) is 9.59 Å². The molecule has 26 heavy (non-hydrogen) atoms. The molecule has 3 amide bonds. The zero-order valence-corrected chi connectivity index (χ0v) is 14.9. The highest BCUT2D eigenvalue weighted by Gasteiger charge is 2.41. The van der Waals surface area contributed by atoms with Crippen LogP contribution in [0.15, 0.2) is 22.0 Å². The lowest BCUT2D eigenvalue weighted by Crippen LogP contribution is -2.41. The predicted molar refractivity (Wildman–Crippen MR) is 92.5 cm³/mol. The van der Waals surface area contributed by atoms with Crippen molar-refractivity contribution in [2.45, 2.75) is 31.4 Å². The highest BCUT2D eigenvalue weighted by atomic mass is 32.1. The van der Waals surface area contributed by atoms with Crippen molar-refractivity contribution in [3.8, 4) is 10.8 Å². The highest BCUT2D eigenvalue weighted by molar-refractivity contribution is 7.13. The Balaban J connectivity index is 1.30. The number of urea groups is 1. The molecule has 2 saturated heterocycles. The molecular weight excluding hydrogens is 358 g/mol. The third-order valence-corrected chi connectivity index (χ3v) is 5.50. The molecule has 138 valence electrons. The van der Waals surface area contributed by atoms with E-state index >= 15 is 0 Å². The molecule has 0 radical (unpaired) electrons. The molecule has 0 saturated carbocycles. The molecule has 4 heterocycles. The molecule has 2 aromatic rings. The number of alkyl carbamates (subject to hydrolysis) is 1. The van der Waals surface area contributed by atoms with E-state index in [9.17, 15) is 9.59 Å². The minimum absolute atomic E-state index is 0.179. The molecule has 2 aromatic heterocycles. The Morgan fingerprint density at radius 1 is 1.42 bits per heavy atom. The van der Waals surface area contributed by atoms with E-state index in [0.717, 1.165) is 17.7 Å². The van der Waals surface area contributed by atoms with Crippen LogP contribution in [0.3, 0.4) is 0 Å². The Morgan fingerprint density at radius 3 is 3.12 bits per heavy atom. The van der Waals surface area contributed by atoms with Gasteiger partial charge in [-0.1, -0.05) is 11.2 Å². The molecule has 0 aliphatic carbocycles. The van der Waals surface area contributed by atoms with Gasteiger partial charge in [0.15, 0.2) is 5.82 Å². The first-order valence-corrected chi connectivity index (χ1v) is 9.38. The van der Waals surface area contributed by atoms with Crippen LogP contribution in [0.1, 0.15) is 25.1 Å². The van der Waals surface area contributed by atoms with Crippen LogP contribution in [0, 0.1) is 0 Å². The summed E-state index contributed by atoms with van der Waals surface area (Å²) < 4.78 is 10.6. The molecule has 9 nitrogen and oxygen atoms in total. The molecule has 4 rings (SSSR count). The summed E-state index contributed by atoms with van der Waals surface area (Å²) in [5.41, 5.74) is -0.477. The largest absolute Gasteiger partial charge is 0.441 e. The topological polar surface area (TPSA) is 110 Å². The van der Waals surface area contributed by atoms with Gasteiger partial charge in [-0.3, -0.25) is 0 Å². The number of aromatic nitrogens is 2. The van der Waals surface area contributed by atoms with Crippen LogP contribution < -0.4 is 10.6 Å². The van der Waals surface area contributed by atoms with Crippen molar-refractivity contribution >= 4 is 23.5 Å². The standard InChI is InChI=1S/C16H19N5O4S/c22-14(17-9-12-19-13(25-20-12)11-3-1-8-26-11)21-6-2-4-16(5-7-21)10-18-15(23)24-16/h1,3,8H,2,4-7,9-10H2,(H,17,22)(H,18,23)/t16-/m0/s1. The second kappa shape index (κ2) is 6.94. The lowest BCUT2D eigenvalue weighted by Gasteiger charge is -2.25. The zero-order valence-electron chi connectivity index (χ0n) is 14.1. The van der Waals surface area contributed by atoms with Crippen LogP contribution in [0.4, 0.5) is 9.59 Å². The minimum Gasteiger partial charge on any atom is -0.441 e. The van der Waals surface area contributed by atoms with Crippen LogP contribution in [0.2, 0.25) is 0 Å². The number of nitrogens with one attached hydrogen (secondary N) is 2. The summed E-state index contributed by atoms with van der Waals surface area (Å²) in [5.74, 6) is 0.887. The maximum Gasteiger partial charge on any atom is 0.407 e. The average molecular weight is 377 g/mol. The first kappa shape index (κ1) is 16.8. The van der Waals surface area contributed by atoms with Gasteiger partial charge < -0.3 is 24.8 Å². The third kappa shape index (κ3) is 3.50. The van der Waals surface area contributed by atoms with Gasteiger partial charge in [-0.2, -0.15) is 4.98 Å². The molecule has 1 atom stereocenters. The lowest BCUT2D eigenvalue weighted by atomic mass is 9.95. The Hall–Kier alpha value is -2.62. The Labute approximate surface area is 153 Å². The summed E-state index contributed by atoms with van der Waals surface area (Å²) >= 11 is 1.52. The number of rotatable bonds is 3. The number of thiophene rings is 1. The van der Waals surface area contributed by atoms with Crippen LogP contribution in [-0.4, -0.2) is 52.4 Å². The molecule has 2 N–H and O–H groups in total. The number of likely N-dealkylation sites (tertiary alicyclic amines) is 1. The maximum atomic E-state index is 12.4. The molecule has 2 aliphatic rings. The second-order valence-corrected chi connectivity index (χ2v) is 7.37. The van der Waals surface area contributed by atoms with Gasteiger partial charge in [-0.05, 0) is 24.3 Å². The van der Waals surface area contributed by atoms with Gasteiger partial charge in [0.1, 0.15) is 5.60 Å². The highest BCUT2D eigenvalue weighted by Crippen LogP contribution is 2.29. The molecular formula is C16H19N5O4S. The quantitative estimate of drug-likeness (QED) is 0.846. The molecule has 0 unspecified atom stereocenters. The number of hydrogen-bond donors (Lipinski definition) is 2. The van der Waals surface area contributed by atoms with Gasteiger partial charge in [0.2, 0.25) is 0 Å². The van der Waals surface area contributed by atoms with Crippen molar-refractivity contribution in [1.29, 1.82) is 0 Å². The van der Waals surface area contributed by atoms with E-state index in [4.69, 9.17) is 9.26 Å². The fourth-order valence-corrected chi connectivity index (χ4v) is 3.89. The van der Waals surface area contributed by atoms with E-state index in [2.05, 4.69) is 20.8 Å². The molecule has 10 heteroatoms. The number of carbonyl (C=O) groups is 2. The average Bonchev–Trinajstić information content (AvgIpc) is 3.34. The Kier molecular flexibility index (Phi) is 4.49. The van der Waals surface area contributed by atoms with Gasteiger partial charge in [0.25, 0.3) is 5.89 Å². The first-order chi connectivity index (χ1) is 12.6. The molecule has 0 aromatic carbocycles. The zero-order chi connectivity index (χ0) is 18.0. The van der Waals surface area contributed by atoms with Crippen molar-refractivity contribution in [2.75, 3.05) is 19.6 Å². The Bertz CT molecular complexity index is 792. The van der Waals surface area contributed by atoms with E-state index in [1.807, 2.05) is 17.5 Å². The smallest absolute Gasteiger partial charge is 0.407 e. The van der Waals surface area contributed by atoms with E-state index in [0.29, 0.717) is 37.8 Å². The summed E-state index contributed by atoms with van der Waals surface area (Å²) in [6, 6.07) is 3.63. The van der Waals surface area contributed by atoms with Crippen molar-refractivity contribution < 1.29 is 18.8 Å². The number of ether oxygens (including phenoxy) is 1. The third-order valence-electron chi connectivity index (χ3n) is 4.65.